The van der Waals surface area contributed by atoms with Crippen molar-refractivity contribution in [2.75, 3.05) is 31.2 Å². The molecule has 1 aliphatic carbocycles. The molecule has 152 valence electrons. The zero-order valence-electron chi connectivity index (χ0n) is 16.5. The Hall–Kier alpha value is -2.51. The number of morpholine rings is 1. The molecule has 1 saturated carbocycles. The minimum Gasteiger partial charge on any atom is -0.378 e. The maximum atomic E-state index is 5.51. The van der Waals surface area contributed by atoms with Crippen molar-refractivity contribution in [2.24, 2.45) is 0 Å². The number of ether oxygens (including phenoxy) is 1. The van der Waals surface area contributed by atoms with Gasteiger partial charge in [-0.3, -0.25) is 4.98 Å². The summed E-state index contributed by atoms with van der Waals surface area (Å²) in [5.41, 5.74) is 5.44. The molecule has 4 aromatic rings. The molecule has 0 radical (unpaired) electrons. The van der Waals surface area contributed by atoms with Crippen LogP contribution in [0.1, 0.15) is 36.1 Å². The predicted molar refractivity (Wildman–Crippen MR) is 120 cm³/mol. The second kappa shape index (κ2) is 7.32. The summed E-state index contributed by atoms with van der Waals surface area (Å²) in [7, 11) is 0. The van der Waals surface area contributed by atoms with Crippen LogP contribution in [0.5, 0.6) is 0 Å². The highest BCUT2D eigenvalue weighted by atomic mass is 79.9. The van der Waals surface area contributed by atoms with Gasteiger partial charge in [-0.15, -0.1) is 0 Å². The van der Waals surface area contributed by atoms with Crippen LogP contribution in [0.2, 0.25) is 0 Å². The number of benzene rings is 1. The molecule has 1 aromatic carbocycles. The van der Waals surface area contributed by atoms with Crippen LogP contribution < -0.4 is 4.90 Å². The first-order valence-electron chi connectivity index (χ1n) is 10.5. The standard InChI is InChI=1S/C23H22BrN5O/c24-22-21(27-23-20(7-8-25-29(22)23)28-9-11-30-12-10-28)17-13-16(14-17)19-6-5-15-3-1-2-4-18(15)26-19/h1-8,16-17H,9-14H2. The fourth-order valence-electron chi connectivity index (χ4n) is 4.63. The zero-order chi connectivity index (χ0) is 20.1. The minimum absolute atomic E-state index is 0.428. The van der Waals surface area contributed by atoms with E-state index < -0.39 is 0 Å². The van der Waals surface area contributed by atoms with Crippen molar-refractivity contribution < 1.29 is 4.74 Å². The van der Waals surface area contributed by atoms with E-state index in [9.17, 15) is 0 Å². The summed E-state index contributed by atoms with van der Waals surface area (Å²) in [6, 6.07) is 14.7. The van der Waals surface area contributed by atoms with Crippen LogP contribution in [0.15, 0.2) is 53.3 Å². The third-order valence-electron chi connectivity index (χ3n) is 6.38. The molecule has 4 heterocycles. The van der Waals surface area contributed by atoms with Crippen molar-refractivity contribution in [1.82, 2.24) is 19.6 Å². The summed E-state index contributed by atoms with van der Waals surface area (Å²) in [5.74, 6) is 0.917. The Kier molecular flexibility index (Phi) is 4.46. The number of anilines is 1. The van der Waals surface area contributed by atoms with Gasteiger partial charge in [0.25, 0.3) is 0 Å². The molecule has 7 heteroatoms. The highest BCUT2D eigenvalue weighted by Crippen LogP contribution is 2.48. The van der Waals surface area contributed by atoms with Gasteiger partial charge >= 0.3 is 0 Å². The molecule has 1 aliphatic heterocycles. The van der Waals surface area contributed by atoms with Crippen LogP contribution in [-0.2, 0) is 4.74 Å². The van der Waals surface area contributed by atoms with Gasteiger partial charge in [-0.25, -0.2) is 9.50 Å². The average Bonchev–Trinajstić information content (AvgIpc) is 3.10. The molecule has 1 saturated heterocycles. The molecule has 2 aliphatic rings. The van der Waals surface area contributed by atoms with E-state index in [0.29, 0.717) is 11.8 Å². The van der Waals surface area contributed by atoms with Crippen LogP contribution in [0.4, 0.5) is 5.69 Å². The van der Waals surface area contributed by atoms with Gasteiger partial charge in [-0.05, 0) is 47.0 Å². The first kappa shape index (κ1) is 18.3. The van der Waals surface area contributed by atoms with E-state index in [1.807, 2.05) is 10.7 Å². The Bertz CT molecular complexity index is 1230. The molecule has 0 bridgehead atoms. The number of pyridine rings is 1. The lowest BCUT2D eigenvalue weighted by molar-refractivity contribution is 0.123. The average molecular weight is 464 g/mol. The predicted octanol–water partition coefficient (Wildman–Crippen LogP) is 4.54. The summed E-state index contributed by atoms with van der Waals surface area (Å²) >= 11 is 3.77. The largest absolute Gasteiger partial charge is 0.378 e. The molecular weight excluding hydrogens is 442 g/mol. The monoisotopic (exact) mass is 463 g/mol. The lowest BCUT2D eigenvalue weighted by Crippen LogP contribution is -2.36. The number of aromatic nitrogens is 4. The molecule has 6 nitrogen and oxygen atoms in total. The Labute approximate surface area is 183 Å². The number of hydrogen-bond acceptors (Lipinski definition) is 5. The highest BCUT2D eigenvalue weighted by Gasteiger charge is 2.36. The molecular formula is C23H22BrN5O. The fourth-order valence-corrected chi connectivity index (χ4v) is 5.30. The van der Waals surface area contributed by atoms with Crippen molar-refractivity contribution >= 4 is 38.2 Å². The summed E-state index contributed by atoms with van der Waals surface area (Å²) in [6.45, 7) is 3.29. The first-order valence-corrected chi connectivity index (χ1v) is 11.3. The number of hydrogen-bond donors (Lipinski definition) is 0. The molecule has 2 fully saturated rings. The van der Waals surface area contributed by atoms with E-state index in [-0.39, 0.29) is 0 Å². The van der Waals surface area contributed by atoms with Crippen LogP contribution in [0, 0.1) is 0 Å². The van der Waals surface area contributed by atoms with Gasteiger partial charge in [0.2, 0.25) is 0 Å². The van der Waals surface area contributed by atoms with E-state index in [4.69, 9.17) is 14.7 Å². The third kappa shape index (κ3) is 2.99. The van der Waals surface area contributed by atoms with Crippen LogP contribution in [0.3, 0.4) is 0 Å². The number of nitrogens with zero attached hydrogens (tertiary/aromatic N) is 5. The van der Waals surface area contributed by atoms with Crippen molar-refractivity contribution in [3.63, 3.8) is 0 Å². The highest BCUT2D eigenvalue weighted by molar-refractivity contribution is 9.10. The van der Waals surface area contributed by atoms with Gasteiger partial charge < -0.3 is 9.64 Å². The maximum absolute atomic E-state index is 5.51. The number of fused-ring (bicyclic) bond motifs is 2. The maximum Gasteiger partial charge on any atom is 0.178 e. The SMILES string of the molecule is Brc1c(C2CC(c3ccc4ccccc4n3)C2)nc2c(N3CCOCC3)ccnn12. The zero-order valence-corrected chi connectivity index (χ0v) is 18.1. The van der Waals surface area contributed by atoms with Gasteiger partial charge in [0, 0.05) is 36.0 Å². The minimum atomic E-state index is 0.428. The van der Waals surface area contributed by atoms with Crippen LogP contribution >= 0.6 is 15.9 Å². The van der Waals surface area contributed by atoms with E-state index in [2.05, 4.69) is 68.4 Å². The third-order valence-corrected chi connectivity index (χ3v) is 7.12. The van der Waals surface area contributed by atoms with E-state index >= 15 is 0 Å². The quantitative estimate of drug-likeness (QED) is 0.446. The Balaban J connectivity index is 1.27. The normalized spacial score (nSPS) is 21.8. The Morgan fingerprint density at radius 2 is 1.77 bits per heavy atom. The van der Waals surface area contributed by atoms with Crippen LogP contribution in [0.25, 0.3) is 16.6 Å². The molecule has 0 N–H and O–H groups in total. The molecule has 0 amide bonds. The van der Waals surface area contributed by atoms with Gasteiger partial charge in [0.05, 0.1) is 36.3 Å². The summed E-state index contributed by atoms with van der Waals surface area (Å²) in [4.78, 5) is 12.3. The second-order valence-electron chi connectivity index (χ2n) is 8.13. The summed E-state index contributed by atoms with van der Waals surface area (Å²) in [6.07, 6.45) is 4.00. The van der Waals surface area contributed by atoms with Gasteiger partial charge in [0.15, 0.2) is 5.65 Å². The van der Waals surface area contributed by atoms with Crippen molar-refractivity contribution in [2.45, 2.75) is 24.7 Å². The van der Waals surface area contributed by atoms with E-state index in [0.717, 1.165) is 66.3 Å². The Morgan fingerprint density at radius 1 is 0.933 bits per heavy atom. The molecule has 6 rings (SSSR count). The van der Waals surface area contributed by atoms with Gasteiger partial charge in [-0.2, -0.15) is 5.10 Å². The molecule has 30 heavy (non-hydrogen) atoms. The van der Waals surface area contributed by atoms with Gasteiger partial charge in [-0.1, -0.05) is 24.3 Å². The lowest BCUT2D eigenvalue weighted by Gasteiger charge is -2.34. The smallest absolute Gasteiger partial charge is 0.178 e. The van der Waals surface area contributed by atoms with E-state index in [1.54, 1.807) is 0 Å². The summed E-state index contributed by atoms with van der Waals surface area (Å²) < 4.78 is 8.41. The number of halogens is 1. The topological polar surface area (TPSA) is 55.5 Å². The lowest BCUT2D eigenvalue weighted by atomic mass is 9.71. The van der Waals surface area contributed by atoms with Crippen molar-refractivity contribution in [3.8, 4) is 0 Å². The molecule has 0 unspecified atom stereocenters. The molecule has 0 spiro atoms. The summed E-state index contributed by atoms with van der Waals surface area (Å²) in [5, 5.41) is 5.74. The first-order chi connectivity index (χ1) is 14.8. The van der Waals surface area contributed by atoms with Crippen molar-refractivity contribution in [1.29, 1.82) is 0 Å². The molecule has 0 atom stereocenters. The van der Waals surface area contributed by atoms with Crippen molar-refractivity contribution in [3.05, 3.63) is 64.7 Å². The molecule has 3 aromatic heterocycles. The number of rotatable bonds is 3. The fraction of sp³-hybridized carbons (Fsp3) is 0.348. The van der Waals surface area contributed by atoms with Crippen LogP contribution in [-0.4, -0.2) is 45.9 Å². The number of para-hydroxylation sites is 1. The van der Waals surface area contributed by atoms with Gasteiger partial charge in [0.1, 0.15) is 4.60 Å². The van der Waals surface area contributed by atoms with E-state index in [1.165, 1.54) is 11.1 Å². The second-order valence-corrected chi connectivity index (χ2v) is 8.88. The number of imidazole rings is 1. The Morgan fingerprint density at radius 3 is 2.63 bits per heavy atom.